The average molecular weight is 462 g/mol. The number of amidine groups is 1. The number of halogens is 2. The molecule has 3 rings (SSSR count). The Morgan fingerprint density at radius 1 is 1.22 bits per heavy atom. The predicted molar refractivity (Wildman–Crippen MR) is 122 cm³/mol. The van der Waals surface area contributed by atoms with Crippen LogP contribution in [0.2, 0.25) is 0 Å². The monoisotopic (exact) mass is 461 g/mol. The molecule has 2 aromatic rings. The smallest absolute Gasteiger partial charge is 0.242 e. The molecule has 1 fully saturated rings. The molecular formula is C23H25F2N3O3S. The lowest BCUT2D eigenvalue weighted by molar-refractivity contribution is -0.128. The van der Waals surface area contributed by atoms with Gasteiger partial charge in [-0.05, 0) is 35.7 Å². The molecule has 9 heteroatoms. The summed E-state index contributed by atoms with van der Waals surface area (Å²) in [5, 5.41) is 2.17. The van der Waals surface area contributed by atoms with Crippen molar-refractivity contribution in [1.29, 1.82) is 0 Å². The zero-order chi connectivity index (χ0) is 23.3. The number of ether oxygens (including phenoxy) is 1. The Kier molecular flexibility index (Phi) is 7.98. The van der Waals surface area contributed by atoms with Crippen molar-refractivity contribution in [2.45, 2.75) is 31.4 Å². The molecule has 0 saturated carbocycles. The van der Waals surface area contributed by atoms with Crippen LogP contribution in [0.4, 0.5) is 20.2 Å². The average Bonchev–Trinajstić information content (AvgIpc) is 3.03. The van der Waals surface area contributed by atoms with Crippen LogP contribution >= 0.6 is 11.8 Å². The molecule has 1 aliphatic rings. The van der Waals surface area contributed by atoms with E-state index in [1.807, 2.05) is 24.3 Å². The van der Waals surface area contributed by atoms with Gasteiger partial charge in [-0.15, -0.1) is 0 Å². The lowest BCUT2D eigenvalue weighted by Gasteiger charge is -2.16. The molecule has 0 radical (unpaired) electrons. The number of thioether (sulfide) groups is 1. The van der Waals surface area contributed by atoms with Gasteiger partial charge in [0, 0.05) is 19.6 Å². The standard InChI is InChI=1S/C23H25F2N3O3S/c1-14(2)15-4-7-17(8-5-15)26-23-28(10-11-31-3)22(30)20(32-23)13-21(29)27-19-9-6-16(24)12-18(19)25/h4-9,12,14,20H,10-11,13H2,1-3H3,(H,27,29). The topological polar surface area (TPSA) is 71.0 Å². The molecule has 0 spiro atoms. The summed E-state index contributed by atoms with van der Waals surface area (Å²) in [5.74, 6) is -2.03. The van der Waals surface area contributed by atoms with Gasteiger partial charge in [-0.2, -0.15) is 0 Å². The van der Waals surface area contributed by atoms with Crippen molar-refractivity contribution < 1.29 is 23.1 Å². The number of carbonyl (C=O) groups excluding carboxylic acids is 2. The van der Waals surface area contributed by atoms with Crippen LogP contribution in [0.1, 0.15) is 31.7 Å². The van der Waals surface area contributed by atoms with Gasteiger partial charge >= 0.3 is 0 Å². The minimum atomic E-state index is -0.877. The van der Waals surface area contributed by atoms with E-state index in [9.17, 15) is 18.4 Å². The van der Waals surface area contributed by atoms with Crippen molar-refractivity contribution in [1.82, 2.24) is 4.90 Å². The van der Waals surface area contributed by atoms with Gasteiger partial charge in [0.25, 0.3) is 0 Å². The van der Waals surface area contributed by atoms with E-state index < -0.39 is 22.8 Å². The maximum absolute atomic E-state index is 13.8. The number of methoxy groups -OCH3 is 1. The van der Waals surface area contributed by atoms with Crippen molar-refractivity contribution in [3.05, 3.63) is 59.7 Å². The van der Waals surface area contributed by atoms with E-state index in [-0.39, 0.29) is 18.0 Å². The van der Waals surface area contributed by atoms with Gasteiger partial charge in [0.15, 0.2) is 5.17 Å². The lowest BCUT2D eigenvalue weighted by Crippen LogP contribution is -2.35. The quantitative estimate of drug-likeness (QED) is 0.619. The number of anilines is 1. The molecule has 6 nitrogen and oxygen atoms in total. The number of nitrogens with zero attached hydrogens (tertiary/aromatic N) is 2. The SMILES string of the molecule is COCCN1C(=O)C(CC(=O)Nc2ccc(F)cc2F)SC1=Nc1ccc(C(C)C)cc1. The zero-order valence-electron chi connectivity index (χ0n) is 18.1. The number of amides is 2. The molecule has 32 heavy (non-hydrogen) atoms. The van der Waals surface area contributed by atoms with Gasteiger partial charge in [-0.3, -0.25) is 14.5 Å². The van der Waals surface area contributed by atoms with E-state index in [1.165, 1.54) is 29.3 Å². The Labute approximate surface area is 190 Å². The summed E-state index contributed by atoms with van der Waals surface area (Å²) >= 11 is 1.18. The fourth-order valence-electron chi connectivity index (χ4n) is 3.12. The normalized spacial score (nSPS) is 17.4. The summed E-state index contributed by atoms with van der Waals surface area (Å²) < 4.78 is 32.0. The Hall–Kier alpha value is -2.78. The molecule has 2 amide bonds. The van der Waals surface area contributed by atoms with Crippen LogP contribution in [0.25, 0.3) is 0 Å². The first-order valence-corrected chi connectivity index (χ1v) is 11.1. The van der Waals surface area contributed by atoms with Crippen LogP contribution < -0.4 is 5.32 Å². The van der Waals surface area contributed by atoms with Gasteiger partial charge in [0.1, 0.15) is 16.9 Å². The zero-order valence-corrected chi connectivity index (χ0v) is 18.9. The minimum absolute atomic E-state index is 0.137. The molecular weight excluding hydrogens is 436 g/mol. The number of nitrogens with one attached hydrogen (secondary N) is 1. The summed E-state index contributed by atoms with van der Waals surface area (Å²) in [4.78, 5) is 31.4. The van der Waals surface area contributed by atoms with Crippen LogP contribution in [0, 0.1) is 11.6 Å². The highest BCUT2D eigenvalue weighted by Crippen LogP contribution is 2.32. The van der Waals surface area contributed by atoms with Crippen molar-refractivity contribution in [3.63, 3.8) is 0 Å². The van der Waals surface area contributed by atoms with Gasteiger partial charge in [-0.25, -0.2) is 13.8 Å². The molecule has 0 bridgehead atoms. The van der Waals surface area contributed by atoms with E-state index in [0.29, 0.717) is 36.0 Å². The summed E-state index contributed by atoms with van der Waals surface area (Å²) in [6.45, 7) is 4.83. The summed E-state index contributed by atoms with van der Waals surface area (Å²) in [6.07, 6.45) is -0.172. The van der Waals surface area contributed by atoms with Crippen LogP contribution in [0.5, 0.6) is 0 Å². The predicted octanol–water partition coefficient (Wildman–Crippen LogP) is 4.69. The first-order chi connectivity index (χ1) is 15.3. The minimum Gasteiger partial charge on any atom is -0.383 e. The molecule has 1 unspecified atom stereocenters. The van der Waals surface area contributed by atoms with Crippen molar-refractivity contribution >= 4 is 40.1 Å². The van der Waals surface area contributed by atoms with Crippen LogP contribution in [0.3, 0.4) is 0 Å². The second kappa shape index (κ2) is 10.7. The number of aliphatic imine (C=N–C) groups is 1. The molecule has 1 N–H and O–H groups in total. The van der Waals surface area contributed by atoms with Crippen molar-refractivity contribution in [2.24, 2.45) is 4.99 Å². The maximum Gasteiger partial charge on any atom is 0.242 e. The highest BCUT2D eigenvalue weighted by molar-refractivity contribution is 8.15. The summed E-state index contributed by atoms with van der Waals surface area (Å²) in [7, 11) is 1.54. The fourth-order valence-corrected chi connectivity index (χ4v) is 4.30. The van der Waals surface area contributed by atoms with Crippen LogP contribution in [-0.2, 0) is 14.3 Å². The van der Waals surface area contributed by atoms with E-state index in [4.69, 9.17) is 4.74 Å². The number of carbonyl (C=O) groups is 2. The molecule has 1 atom stereocenters. The van der Waals surface area contributed by atoms with Crippen LogP contribution in [0.15, 0.2) is 47.5 Å². The number of benzene rings is 2. The Bertz CT molecular complexity index is 1010. The van der Waals surface area contributed by atoms with E-state index in [2.05, 4.69) is 24.2 Å². The van der Waals surface area contributed by atoms with Gasteiger partial charge in [-0.1, -0.05) is 37.7 Å². The highest BCUT2D eigenvalue weighted by Gasteiger charge is 2.39. The molecule has 1 heterocycles. The number of hydrogen-bond donors (Lipinski definition) is 1. The van der Waals surface area contributed by atoms with Crippen molar-refractivity contribution in [3.8, 4) is 0 Å². The van der Waals surface area contributed by atoms with E-state index in [0.717, 1.165) is 12.1 Å². The Balaban J connectivity index is 1.74. The third-order valence-electron chi connectivity index (χ3n) is 4.90. The van der Waals surface area contributed by atoms with Crippen molar-refractivity contribution in [2.75, 3.05) is 25.6 Å². The first kappa shape index (κ1) is 23.9. The lowest BCUT2D eigenvalue weighted by atomic mass is 10.0. The molecule has 0 aliphatic carbocycles. The summed E-state index contributed by atoms with van der Waals surface area (Å²) in [6, 6.07) is 10.6. The van der Waals surface area contributed by atoms with Gasteiger partial charge in [0.05, 0.1) is 24.5 Å². The fraction of sp³-hybridized carbons (Fsp3) is 0.348. The number of rotatable bonds is 8. The Morgan fingerprint density at radius 3 is 2.56 bits per heavy atom. The molecule has 0 aromatic heterocycles. The summed E-state index contributed by atoms with van der Waals surface area (Å²) in [5.41, 5.74) is 1.75. The first-order valence-electron chi connectivity index (χ1n) is 10.2. The largest absolute Gasteiger partial charge is 0.383 e. The van der Waals surface area contributed by atoms with Gasteiger partial charge in [0.2, 0.25) is 11.8 Å². The molecule has 1 aliphatic heterocycles. The third-order valence-corrected chi connectivity index (χ3v) is 6.07. The Morgan fingerprint density at radius 2 is 1.94 bits per heavy atom. The van der Waals surface area contributed by atoms with Gasteiger partial charge < -0.3 is 10.1 Å². The molecule has 2 aromatic carbocycles. The van der Waals surface area contributed by atoms with Crippen LogP contribution in [-0.4, -0.2) is 47.4 Å². The second-order valence-corrected chi connectivity index (χ2v) is 8.78. The molecule has 1 saturated heterocycles. The highest BCUT2D eigenvalue weighted by atomic mass is 32.2. The maximum atomic E-state index is 13.8. The van der Waals surface area contributed by atoms with E-state index in [1.54, 1.807) is 0 Å². The molecule has 170 valence electrons. The second-order valence-electron chi connectivity index (χ2n) is 7.61. The number of hydrogen-bond acceptors (Lipinski definition) is 5. The van der Waals surface area contributed by atoms with E-state index >= 15 is 0 Å². The third kappa shape index (κ3) is 5.92.